The summed E-state index contributed by atoms with van der Waals surface area (Å²) in [6.45, 7) is 4.47. The zero-order chi connectivity index (χ0) is 15.5. The summed E-state index contributed by atoms with van der Waals surface area (Å²) in [6.07, 6.45) is 6.47. The van der Waals surface area contributed by atoms with Crippen LogP contribution in [0.15, 0.2) is 28.7 Å². The van der Waals surface area contributed by atoms with Crippen molar-refractivity contribution in [3.05, 3.63) is 28.7 Å². The molecule has 0 fully saturated rings. The highest BCUT2D eigenvalue weighted by Gasteiger charge is 2.03. The number of nitrogens with zero attached hydrogens (tertiary/aromatic N) is 1. The van der Waals surface area contributed by atoms with E-state index < -0.39 is 0 Å². The Labute approximate surface area is 137 Å². The fourth-order valence-corrected chi connectivity index (χ4v) is 2.43. The molecule has 1 rings (SSSR count). The molecule has 0 radical (unpaired) electrons. The minimum absolute atomic E-state index is 0.103. The van der Waals surface area contributed by atoms with Crippen LogP contribution in [-0.4, -0.2) is 30.9 Å². The predicted molar refractivity (Wildman–Crippen MR) is 93.6 cm³/mol. The van der Waals surface area contributed by atoms with Gasteiger partial charge in [-0.1, -0.05) is 35.7 Å². The monoisotopic (exact) mass is 354 g/mol. The van der Waals surface area contributed by atoms with E-state index in [1.807, 2.05) is 24.3 Å². The molecule has 4 heteroatoms. The molecular weight excluding hydrogens is 328 g/mol. The predicted octanol–water partition coefficient (Wildman–Crippen LogP) is 4.68. The van der Waals surface area contributed by atoms with Gasteiger partial charge >= 0.3 is 0 Å². The average molecular weight is 355 g/mol. The van der Waals surface area contributed by atoms with E-state index >= 15 is 0 Å². The highest BCUT2D eigenvalue weighted by Crippen LogP contribution is 2.14. The van der Waals surface area contributed by atoms with Crippen LogP contribution in [0.2, 0.25) is 0 Å². The number of anilines is 1. The van der Waals surface area contributed by atoms with Crippen LogP contribution in [0.3, 0.4) is 0 Å². The number of hydrogen-bond acceptors (Lipinski definition) is 2. The lowest BCUT2D eigenvalue weighted by Gasteiger charge is -2.15. The maximum absolute atomic E-state index is 11.8. The molecule has 0 aromatic heterocycles. The van der Waals surface area contributed by atoms with Gasteiger partial charge in [0.15, 0.2) is 0 Å². The Bertz CT molecular complexity index is 406. The molecule has 1 amide bonds. The third-order valence-corrected chi connectivity index (χ3v) is 3.99. The van der Waals surface area contributed by atoms with Gasteiger partial charge < -0.3 is 10.2 Å². The van der Waals surface area contributed by atoms with Crippen molar-refractivity contribution in [1.82, 2.24) is 4.90 Å². The van der Waals surface area contributed by atoms with Crippen molar-refractivity contribution >= 4 is 27.5 Å². The number of hydrogen-bond donors (Lipinski definition) is 1. The largest absolute Gasteiger partial charge is 0.326 e. The number of unbranched alkanes of at least 4 members (excludes halogenated alkanes) is 3. The third-order valence-electron chi connectivity index (χ3n) is 3.47. The Hall–Kier alpha value is -0.870. The number of halogens is 1. The fraction of sp³-hybridized carbons (Fsp3) is 0.588. The molecule has 0 bridgehead atoms. The lowest BCUT2D eigenvalue weighted by molar-refractivity contribution is -0.116. The zero-order valence-electron chi connectivity index (χ0n) is 13.2. The first-order chi connectivity index (χ1) is 10.1. The van der Waals surface area contributed by atoms with Crippen LogP contribution >= 0.6 is 15.9 Å². The van der Waals surface area contributed by atoms with Crippen molar-refractivity contribution in [2.75, 3.05) is 25.5 Å². The van der Waals surface area contributed by atoms with E-state index in [-0.39, 0.29) is 5.91 Å². The molecule has 0 spiro atoms. The van der Waals surface area contributed by atoms with Gasteiger partial charge in [0, 0.05) is 16.6 Å². The molecule has 1 aromatic carbocycles. The summed E-state index contributed by atoms with van der Waals surface area (Å²) < 4.78 is 1.02. The summed E-state index contributed by atoms with van der Waals surface area (Å²) in [6, 6.07) is 7.68. The normalized spacial score (nSPS) is 10.9. The Kier molecular flexibility index (Phi) is 9.35. The Morgan fingerprint density at radius 1 is 1.10 bits per heavy atom. The maximum atomic E-state index is 11.8. The quantitative estimate of drug-likeness (QED) is 0.618. The fourth-order valence-electron chi connectivity index (χ4n) is 2.17. The summed E-state index contributed by atoms with van der Waals surface area (Å²) >= 11 is 3.38. The Balaban J connectivity index is 2.09. The minimum atomic E-state index is 0.103. The molecule has 118 valence electrons. The van der Waals surface area contributed by atoms with E-state index in [9.17, 15) is 4.79 Å². The van der Waals surface area contributed by atoms with Crippen LogP contribution in [0, 0.1) is 0 Å². The molecule has 0 unspecified atom stereocenters. The molecule has 21 heavy (non-hydrogen) atoms. The molecule has 0 aliphatic carbocycles. The zero-order valence-corrected chi connectivity index (χ0v) is 14.8. The number of carbonyl (C=O) groups is 1. The first kappa shape index (κ1) is 18.2. The van der Waals surface area contributed by atoms with Crippen molar-refractivity contribution in [3.8, 4) is 0 Å². The van der Waals surface area contributed by atoms with E-state index in [0.717, 1.165) is 29.5 Å². The van der Waals surface area contributed by atoms with E-state index in [1.54, 1.807) is 0 Å². The van der Waals surface area contributed by atoms with Crippen LogP contribution < -0.4 is 5.32 Å². The number of amides is 1. The van der Waals surface area contributed by atoms with Crippen molar-refractivity contribution in [2.45, 2.75) is 45.4 Å². The molecular formula is C17H27BrN2O. The lowest BCUT2D eigenvalue weighted by atomic mass is 10.2. The van der Waals surface area contributed by atoms with Gasteiger partial charge in [0.1, 0.15) is 0 Å². The first-order valence-corrected chi connectivity index (χ1v) is 8.65. The number of carbonyl (C=O) groups excluding carboxylic acids is 1. The Morgan fingerprint density at radius 2 is 1.71 bits per heavy atom. The number of nitrogens with one attached hydrogen (secondary N) is 1. The summed E-state index contributed by atoms with van der Waals surface area (Å²) in [4.78, 5) is 14.2. The van der Waals surface area contributed by atoms with E-state index in [1.165, 1.54) is 25.8 Å². The highest BCUT2D eigenvalue weighted by molar-refractivity contribution is 9.10. The van der Waals surface area contributed by atoms with Gasteiger partial charge in [0.2, 0.25) is 5.91 Å². The second-order valence-electron chi connectivity index (χ2n) is 5.52. The lowest BCUT2D eigenvalue weighted by Crippen LogP contribution is -2.21. The van der Waals surface area contributed by atoms with Gasteiger partial charge in [0.25, 0.3) is 0 Å². The summed E-state index contributed by atoms with van der Waals surface area (Å²) in [7, 11) is 2.16. The molecule has 1 N–H and O–H groups in total. The summed E-state index contributed by atoms with van der Waals surface area (Å²) in [5, 5.41) is 2.93. The van der Waals surface area contributed by atoms with Crippen molar-refractivity contribution in [3.63, 3.8) is 0 Å². The van der Waals surface area contributed by atoms with Gasteiger partial charge in [0.05, 0.1) is 0 Å². The topological polar surface area (TPSA) is 32.3 Å². The molecule has 1 aromatic rings. The second kappa shape index (κ2) is 10.8. The molecule has 0 saturated carbocycles. The highest BCUT2D eigenvalue weighted by atomic mass is 79.9. The summed E-state index contributed by atoms with van der Waals surface area (Å²) in [5.74, 6) is 0.103. The number of rotatable bonds is 10. The van der Waals surface area contributed by atoms with Gasteiger partial charge in [-0.15, -0.1) is 0 Å². The SMILES string of the molecule is CCCCCN(C)CCCCC(=O)Nc1ccc(Br)cc1. The van der Waals surface area contributed by atoms with Gasteiger partial charge in [-0.05, 0) is 63.7 Å². The standard InChI is InChI=1S/C17H27BrN2O/c1-3-4-6-13-20(2)14-7-5-8-17(21)19-16-11-9-15(18)10-12-16/h9-12H,3-8,13-14H2,1-2H3,(H,19,21). The van der Waals surface area contributed by atoms with Crippen molar-refractivity contribution in [1.29, 1.82) is 0 Å². The molecule has 0 aliphatic rings. The van der Waals surface area contributed by atoms with E-state index in [4.69, 9.17) is 0 Å². The third kappa shape index (κ3) is 8.89. The van der Waals surface area contributed by atoms with Gasteiger partial charge in [-0.2, -0.15) is 0 Å². The van der Waals surface area contributed by atoms with Gasteiger partial charge in [-0.3, -0.25) is 4.79 Å². The van der Waals surface area contributed by atoms with E-state index in [2.05, 4.69) is 40.1 Å². The summed E-state index contributed by atoms with van der Waals surface area (Å²) in [5.41, 5.74) is 0.861. The van der Waals surface area contributed by atoms with Crippen LogP contribution in [0.5, 0.6) is 0 Å². The molecule has 0 atom stereocenters. The van der Waals surface area contributed by atoms with Gasteiger partial charge in [-0.25, -0.2) is 0 Å². The molecule has 3 nitrogen and oxygen atoms in total. The van der Waals surface area contributed by atoms with Crippen LogP contribution in [-0.2, 0) is 4.79 Å². The second-order valence-corrected chi connectivity index (χ2v) is 6.44. The first-order valence-electron chi connectivity index (χ1n) is 7.85. The maximum Gasteiger partial charge on any atom is 0.224 e. The smallest absolute Gasteiger partial charge is 0.224 e. The molecule has 0 heterocycles. The average Bonchev–Trinajstić information content (AvgIpc) is 2.46. The van der Waals surface area contributed by atoms with E-state index in [0.29, 0.717) is 6.42 Å². The Morgan fingerprint density at radius 3 is 2.33 bits per heavy atom. The minimum Gasteiger partial charge on any atom is -0.326 e. The molecule has 0 aliphatic heterocycles. The van der Waals surface area contributed by atoms with Crippen LogP contribution in [0.4, 0.5) is 5.69 Å². The van der Waals surface area contributed by atoms with Crippen molar-refractivity contribution in [2.24, 2.45) is 0 Å². The van der Waals surface area contributed by atoms with Crippen LogP contribution in [0.1, 0.15) is 45.4 Å². The molecule has 0 saturated heterocycles. The van der Waals surface area contributed by atoms with Crippen LogP contribution in [0.25, 0.3) is 0 Å². The number of benzene rings is 1. The van der Waals surface area contributed by atoms with Crippen molar-refractivity contribution < 1.29 is 4.79 Å².